The molecule has 5 nitrogen and oxygen atoms in total. The van der Waals surface area contributed by atoms with Crippen LogP contribution in [0.3, 0.4) is 0 Å². The Balaban J connectivity index is 2.41. The van der Waals surface area contributed by atoms with E-state index in [9.17, 15) is 15.2 Å². The molecule has 0 aliphatic heterocycles. The molecule has 0 saturated heterocycles. The highest BCUT2D eigenvalue weighted by molar-refractivity contribution is 5.51. The number of aliphatic hydroxyl groups excluding tert-OH is 1. The van der Waals surface area contributed by atoms with E-state index in [1.807, 2.05) is 19.1 Å². The maximum absolute atomic E-state index is 11.1. The molecule has 1 N–H and O–H groups in total. The number of rotatable bonds is 4. The molecule has 2 aromatic carbocycles. The summed E-state index contributed by atoms with van der Waals surface area (Å²) in [5, 5.41) is 20.6. The van der Waals surface area contributed by atoms with Gasteiger partial charge in [-0.1, -0.05) is 24.3 Å². The SMILES string of the molecule is Cc1ccccc1Oc1ccc([C@@H](C)O)cc1[N+](=O)[O-]. The Bertz CT molecular complexity index is 638. The van der Waals surface area contributed by atoms with Crippen LogP contribution in [-0.4, -0.2) is 10.0 Å². The fraction of sp³-hybridized carbons (Fsp3) is 0.200. The van der Waals surface area contributed by atoms with Gasteiger partial charge in [0.15, 0.2) is 0 Å². The minimum Gasteiger partial charge on any atom is -0.450 e. The molecular weight excluding hydrogens is 258 g/mol. The van der Waals surface area contributed by atoms with Gasteiger partial charge in [0.05, 0.1) is 11.0 Å². The molecule has 20 heavy (non-hydrogen) atoms. The van der Waals surface area contributed by atoms with Gasteiger partial charge in [-0.15, -0.1) is 0 Å². The van der Waals surface area contributed by atoms with Gasteiger partial charge in [0.25, 0.3) is 0 Å². The molecule has 0 fully saturated rings. The number of nitrogens with zero attached hydrogens (tertiary/aromatic N) is 1. The molecule has 0 spiro atoms. The topological polar surface area (TPSA) is 72.6 Å². The Morgan fingerprint density at radius 1 is 1.20 bits per heavy atom. The molecule has 2 rings (SSSR count). The predicted molar refractivity (Wildman–Crippen MR) is 75.0 cm³/mol. The van der Waals surface area contributed by atoms with E-state index in [1.54, 1.807) is 25.1 Å². The fourth-order valence-electron chi connectivity index (χ4n) is 1.81. The Kier molecular flexibility index (Phi) is 4.00. The molecule has 0 aromatic heterocycles. The van der Waals surface area contributed by atoms with Gasteiger partial charge in [0.1, 0.15) is 5.75 Å². The van der Waals surface area contributed by atoms with E-state index in [-0.39, 0.29) is 11.4 Å². The molecule has 104 valence electrons. The number of benzene rings is 2. The second kappa shape index (κ2) is 5.71. The maximum atomic E-state index is 11.1. The molecular formula is C15H15NO4. The van der Waals surface area contributed by atoms with Crippen molar-refractivity contribution in [2.45, 2.75) is 20.0 Å². The van der Waals surface area contributed by atoms with Gasteiger partial charge < -0.3 is 9.84 Å². The standard InChI is InChI=1S/C15H15NO4/c1-10-5-3-4-6-14(10)20-15-8-7-12(11(2)17)9-13(15)16(18)19/h3-9,11,17H,1-2H3/t11-/m1/s1. The number of aliphatic hydroxyl groups is 1. The first-order valence-electron chi connectivity index (χ1n) is 6.19. The lowest BCUT2D eigenvalue weighted by Gasteiger charge is -2.10. The summed E-state index contributed by atoms with van der Waals surface area (Å²) >= 11 is 0. The van der Waals surface area contributed by atoms with Crippen LogP contribution in [0.5, 0.6) is 11.5 Å². The lowest BCUT2D eigenvalue weighted by Crippen LogP contribution is -1.98. The highest BCUT2D eigenvalue weighted by atomic mass is 16.6. The second-order valence-corrected chi connectivity index (χ2v) is 4.53. The molecule has 1 atom stereocenters. The average Bonchev–Trinajstić information content (AvgIpc) is 2.41. The lowest BCUT2D eigenvalue weighted by atomic mass is 10.1. The minimum absolute atomic E-state index is 0.161. The van der Waals surface area contributed by atoms with Crippen LogP contribution in [0, 0.1) is 17.0 Å². The van der Waals surface area contributed by atoms with Crippen molar-refractivity contribution in [3.05, 3.63) is 63.7 Å². The third kappa shape index (κ3) is 2.95. The number of nitro benzene ring substituents is 1. The van der Waals surface area contributed by atoms with Crippen molar-refractivity contribution in [2.24, 2.45) is 0 Å². The van der Waals surface area contributed by atoms with Gasteiger partial charge in [-0.05, 0) is 37.1 Å². The summed E-state index contributed by atoms with van der Waals surface area (Å²) in [6.07, 6.45) is -0.763. The molecule has 0 amide bonds. The quantitative estimate of drug-likeness (QED) is 0.680. The summed E-state index contributed by atoms with van der Waals surface area (Å²) in [6, 6.07) is 11.7. The predicted octanol–water partition coefficient (Wildman–Crippen LogP) is 3.75. The van der Waals surface area contributed by atoms with Gasteiger partial charge in [-0.2, -0.15) is 0 Å². The zero-order valence-corrected chi connectivity index (χ0v) is 11.2. The fourth-order valence-corrected chi connectivity index (χ4v) is 1.81. The van der Waals surface area contributed by atoms with Crippen molar-refractivity contribution in [3.63, 3.8) is 0 Å². The van der Waals surface area contributed by atoms with Gasteiger partial charge in [-0.3, -0.25) is 10.1 Å². The van der Waals surface area contributed by atoms with Crippen LogP contribution in [-0.2, 0) is 0 Å². The molecule has 2 aromatic rings. The Morgan fingerprint density at radius 3 is 2.50 bits per heavy atom. The van der Waals surface area contributed by atoms with E-state index in [0.29, 0.717) is 11.3 Å². The molecule has 5 heteroatoms. The van der Waals surface area contributed by atoms with Gasteiger partial charge in [-0.25, -0.2) is 0 Å². The Hall–Kier alpha value is -2.40. The van der Waals surface area contributed by atoms with Crippen LogP contribution in [0.25, 0.3) is 0 Å². The van der Waals surface area contributed by atoms with Crippen molar-refractivity contribution in [2.75, 3.05) is 0 Å². The third-order valence-corrected chi connectivity index (χ3v) is 2.98. The molecule has 0 aliphatic carbocycles. The summed E-state index contributed by atoms with van der Waals surface area (Å²) in [7, 11) is 0. The summed E-state index contributed by atoms with van der Waals surface area (Å²) in [5.74, 6) is 0.731. The number of hydrogen-bond donors (Lipinski definition) is 1. The summed E-state index contributed by atoms with van der Waals surface area (Å²) in [6.45, 7) is 3.42. The first kappa shape index (κ1) is 14.0. The molecule has 0 saturated carbocycles. The summed E-state index contributed by atoms with van der Waals surface area (Å²) in [4.78, 5) is 10.6. The number of para-hydroxylation sites is 1. The smallest absolute Gasteiger partial charge is 0.311 e. The normalized spacial score (nSPS) is 11.9. The number of aryl methyl sites for hydroxylation is 1. The number of nitro groups is 1. The van der Waals surface area contributed by atoms with Crippen LogP contribution in [0.1, 0.15) is 24.2 Å². The second-order valence-electron chi connectivity index (χ2n) is 4.53. The zero-order chi connectivity index (χ0) is 14.7. The highest BCUT2D eigenvalue weighted by Gasteiger charge is 2.18. The van der Waals surface area contributed by atoms with Gasteiger partial charge in [0, 0.05) is 6.07 Å². The van der Waals surface area contributed by atoms with E-state index in [2.05, 4.69) is 0 Å². The van der Waals surface area contributed by atoms with Crippen LogP contribution in [0.15, 0.2) is 42.5 Å². The Labute approximate surface area is 116 Å². The first-order chi connectivity index (χ1) is 9.49. The van der Waals surface area contributed by atoms with Crippen molar-refractivity contribution < 1.29 is 14.8 Å². The van der Waals surface area contributed by atoms with Crippen molar-refractivity contribution in [1.29, 1.82) is 0 Å². The van der Waals surface area contributed by atoms with Crippen LogP contribution in [0.4, 0.5) is 5.69 Å². The van der Waals surface area contributed by atoms with Gasteiger partial charge >= 0.3 is 5.69 Å². The maximum Gasteiger partial charge on any atom is 0.311 e. The molecule has 0 unspecified atom stereocenters. The van der Waals surface area contributed by atoms with Crippen molar-refractivity contribution in [1.82, 2.24) is 0 Å². The van der Waals surface area contributed by atoms with Crippen molar-refractivity contribution >= 4 is 5.69 Å². The van der Waals surface area contributed by atoms with Crippen molar-refractivity contribution in [3.8, 4) is 11.5 Å². The largest absolute Gasteiger partial charge is 0.450 e. The van der Waals surface area contributed by atoms with E-state index >= 15 is 0 Å². The number of ether oxygens (including phenoxy) is 1. The average molecular weight is 273 g/mol. The molecule has 0 aliphatic rings. The summed E-state index contributed by atoms with van der Waals surface area (Å²) < 4.78 is 5.61. The van der Waals surface area contributed by atoms with Gasteiger partial charge in [0.2, 0.25) is 5.75 Å². The van der Waals surface area contributed by atoms with E-state index < -0.39 is 11.0 Å². The third-order valence-electron chi connectivity index (χ3n) is 2.98. The van der Waals surface area contributed by atoms with E-state index in [4.69, 9.17) is 4.74 Å². The minimum atomic E-state index is -0.763. The van der Waals surface area contributed by atoms with E-state index in [0.717, 1.165) is 5.56 Å². The number of hydrogen-bond acceptors (Lipinski definition) is 4. The Morgan fingerprint density at radius 2 is 1.90 bits per heavy atom. The zero-order valence-electron chi connectivity index (χ0n) is 11.2. The van der Waals surface area contributed by atoms with Crippen LogP contribution >= 0.6 is 0 Å². The summed E-state index contributed by atoms with van der Waals surface area (Å²) in [5.41, 5.74) is 1.21. The highest BCUT2D eigenvalue weighted by Crippen LogP contribution is 2.34. The van der Waals surface area contributed by atoms with Crippen LogP contribution in [0.2, 0.25) is 0 Å². The first-order valence-corrected chi connectivity index (χ1v) is 6.19. The molecule has 0 radical (unpaired) electrons. The van der Waals surface area contributed by atoms with E-state index in [1.165, 1.54) is 12.1 Å². The lowest BCUT2D eigenvalue weighted by molar-refractivity contribution is -0.385. The molecule has 0 bridgehead atoms. The molecule has 0 heterocycles. The monoisotopic (exact) mass is 273 g/mol. The van der Waals surface area contributed by atoms with Crippen LogP contribution < -0.4 is 4.74 Å².